The lowest BCUT2D eigenvalue weighted by molar-refractivity contribution is -0.142. The van der Waals surface area contributed by atoms with Crippen LogP contribution in [0.4, 0.5) is 0 Å². The summed E-state index contributed by atoms with van der Waals surface area (Å²) in [6.45, 7) is 5.53. The molecular formula is C14H24N2O3. The molecule has 2 aliphatic heterocycles. The summed E-state index contributed by atoms with van der Waals surface area (Å²) in [6, 6.07) is -0.330. The normalized spacial score (nSPS) is 30.9. The Morgan fingerprint density at radius 3 is 2.58 bits per heavy atom. The lowest BCUT2D eigenvalue weighted by Gasteiger charge is -2.40. The molecule has 0 unspecified atom stereocenters. The molecule has 0 aromatic rings. The van der Waals surface area contributed by atoms with Gasteiger partial charge in [0.2, 0.25) is 11.8 Å². The minimum absolute atomic E-state index is 0.00385. The van der Waals surface area contributed by atoms with Gasteiger partial charge in [-0.15, -0.1) is 0 Å². The smallest absolute Gasteiger partial charge is 0.245 e. The van der Waals surface area contributed by atoms with Gasteiger partial charge >= 0.3 is 0 Å². The molecule has 1 N–H and O–H groups in total. The Labute approximate surface area is 114 Å². The SMILES string of the molecule is COC1(C)CCN(C(=O)[C@@H]2C[C@H](C)CC(=O)N2)CC1. The number of nitrogens with zero attached hydrogens (tertiary/aromatic N) is 1. The third kappa shape index (κ3) is 3.26. The van der Waals surface area contributed by atoms with Crippen molar-refractivity contribution in [2.45, 2.75) is 51.2 Å². The van der Waals surface area contributed by atoms with Crippen molar-refractivity contribution in [2.24, 2.45) is 5.92 Å². The highest BCUT2D eigenvalue weighted by atomic mass is 16.5. The van der Waals surface area contributed by atoms with Gasteiger partial charge < -0.3 is 15.0 Å². The molecule has 0 aromatic carbocycles. The maximum Gasteiger partial charge on any atom is 0.245 e. The number of likely N-dealkylation sites (tertiary alicyclic amines) is 1. The molecule has 2 heterocycles. The molecule has 2 saturated heterocycles. The second kappa shape index (κ2) is 5.49. The Morgan fingerprint density at radius 2 is 2.05 bits per heavy atom. The predicted molar refractivity (Wildman–Crippen MR) is 71.6 cm³/mol. The van der Waals surface area contributed by atoms with Crippen LogP contribution < -0.4 is 5.32 Å². The number of hydrogen-bond donors (Lipinski definition) is 1. The molecule has 0 saturated carbocycles. The van der Waals surface area contributed by atoms with Crippen LogP contribution in [0.2, 0.25) is 0 Å². The fourth-order valence-electron chi connectivity index (χ4n) is 2.90. The standard InChI is InChI=1S/C14H24N2O3/c1-10-8-11(15-12(17)9-10)13(18)16-6-4-14(2,19-3)5-7-16/h10-11H,4-9H2,1-3H3,(H,15,17)/t10-,11-/m0/s1. The van der Waals surface area contributed by atoms with Crippen molar-refractivity contribution in [3.05, 3.63) is 0 Å². The molecule has 0 radical (unpaired) electrons. The molecule has 0 spiro atoms. The van der Waals surface area contributed by atoms with Gasteiger partial charge in [-0.1, -0.05) is 6.92 Å². The summed E-state index contributed by atoms with van der Waals surface area (Å²) in [7, 11) is 1.72. The second-order valence-electron chi connectivity index (χ2n) is 6.14. The monoisotopic (exact) mass is 268 g/mol. The average Bonchev–Trinajstić information content (AvgIpc) is 2.38. The number of piperidine rings is 2. The first kappa shape index (κ1) is 14.3. The highest BCUT2D eigenvalue weighted by Crippen LogP contribution is 2.26. The maximum absolute atomic E-state index is 12.4. The number of hydrogen-bond acceptors (Lipinski definition) is 3. The lowest BCUT2D eigenvalue weighted by Crippen LogP contribution is -2.55. The number of amides is 2. The van der Waals surface area contributed by atoms with Crippen molar-refractivity contribution in [3.63, 3.8) is 0 Å². The van der Waals surface area contributed by atoms with Gasteiger partial charge in [0.15, 0.2) is 0 Å². The van der Waals surface area contributed by atoms with Crippen LogP contribution >= 0.6 is 0 Å². The van der Waals surface area contributed by atoms with Gasteiger partial charge in [-0.3, -0.25) is 9.59 Å². The van der Waals surface area contributed by atoms with E-state index in [1.54, 1.807) is 7.11 Å². The van der Waals surface area contributed by atoms with E-state index in [1.165, 1.54) is 0 Å². The number of rotatable bonds is 2. The molecule has 0 aliphatic carbocycles. The number of carbonyl (C=O) groups is 2. The van der Waals surface area contributed by atoms with Crippen LogP contribution in [0.1, 0.15) is 39.5 Å². The summed E-state index contributed by atoms with van der Waals surface area (Å²) in [6.07, 6.45) is 2.99. The van der Waals surface area contributed by atoms with Crippen LogP contribution in [0.15, 0.2) is 0 Å². The Balaban J connectivity index is 1.92. The maximum atomic E-state index is 12.4. The van der Waals surface area contributed by atoms with Gasteiger partial charge in [-0.25, -0.2) is 0 Å². The van der Waals surface area contributed by atoms with E-state index in [4.69, 9.17) is 4.74 Å². The van der Waals surface area contributed by atoms with Gasteiger partial charge in [-0.05, 0) is 32.1 Å². The minimum Gasteiger partial charge on any atom is -0.378 e. The molecule has 2 rings (SSSR count). The van der Waals surface area contributed by atoms with Crippen LogP contribution in [-0.4, -0.2) is 48.6 Å². The fraction of sp³-hybridized carbons (Fsp3) is 0.857. The van der Waals surface area contributed by atoms with E-state index in [0.717, 1.165) is 19.3 Å². The summed E-state index contributed by atoms with van der Waals surface area (Å²) in [5.74, 6) is 0.352. The minimum atomic E-state index is -0.330. The van der Waals surface area contributed by atoms with Crippen molar-refractivity contribution in [1.29, 1.82) is 0 Å². The highest BCUT2D eigenvalue weighted by molar-refractivity contribution is 5.89. The molecular weight excluding hydrogens is 244 g/mol. The third-order valence-electron chi connectivity index (χ3n) is 4.43. The van der Waals surface area contributed by atoms with Crippen LogP contribution in [-0.2, 0) is 14.3 Å². The molecule has 0 bridgehead atoms. The number of nitrogens with one attached hydrogen (secondary N) is 1. The Bertz CT molecular complexity index is 362. The summed E-state index contributed by atoms with van der Waals surface area (Å²) < 4.78 is 5.48. The van der Waals surface area contributed by atoms with E-state index >= 15 is 0 Å². The summed E-state index contributed by atoms with van der Waals surface area (Å²) in [5.41, 5.74) is -0.111. The van der Waals surface area contributed by atoms with Crippen molar-refractivity contribution in [1.82, 2.24) is 10.2 Å². The van der Waals surface area contributed by atoms with Gasteiger partial charge in [-0.2, -0.15) is 0 Å². The number of ether oxygens (including phenoxy) is 1. The number of methoxy groups -OCH3 is 1. The van der Waals surface area contributed by atoms with Gasteiger partial charge in [0.1, 0.15) is 6.04 Å². The first-order valence-corrected chi connectivity index (χ1v) is 7.07. The zero-order valence-electron chi connectivity index (χ0n) is 12.1. The van der Waals surface area contributed by atoms with Gasteiger partial charge in [0, 0.05) is 26.6 Å². The molecule has 108 valence electrons. The summed E-state index contributed by atoms with van der Waals surface area (Å²) in [5, 5.41) is 2.82. The highest BCUT2D eigenvalue weighted by Gasteiger charge is 2.36. The Hall–Kier alpha value is -1.10. The average molecular weight is 268 g/mol. The van der Waals surface area contributed by atoms with Crippen LogP contribution in [0, 0.1) is 5.92 Å². The van der Waals surface area contributed by atoms with Crippen LogP contribution in [0.3, 0.4) is 0 Å². The summed E-state index contributed by atoms with van der Waals surface area (Å²) in [4.78, 5) is 25.8. The zero-order valence-corrected chi connectivity index (χ0v) is 12.1. The van der Waals surface area contributed by atoms with E-state index in [9.17, 15) is 9.59 Å². The zero-order chi connectivity index (χ0) is 14.0. The molecule has 0 aromatic heterocycles. The fourth-order valence-corrected chi connectivity index (χ4v) is 2.90. The van der Waals surface area contributed by atoms with Crippen molar-refractivity contribution >= 4 is 11.8 Å². The molecule has 19 heavy (non-hydrogen) atoms. The first-order valence-electron chi connectivity index (χ1n) is 7.07. The molecule has 2 atom stereocenters. The number of carbonyl (C=O) groups excluding carboxylic acids is 2. The van der Waals surface area contributed by atoms with Gasteiger partial charge in [0.25, 0.3) is 0 Å². The second-order valence-corrected chi connectivity index (χ2v) is 6.14. The molecule has 5 heteroatoms. The lowest BCUT2D eigenvalue weighted by atomic mass is 9.90. The summed E-state index contributed by atoms with van der Waals surface area (Å²) >= 11 is 0. The van der Waals surface area contributed by atoms with E-state index in [1.807, 2.05) is 11.8 Å². The van der Waals surface area contributed by atoms with Crippen molar-refractivity contribution < 1.29 is 14.3 Å². The van der Waals surface area contributed by atoms with E-state index in [0.29, 0.717) is 19.5 Å². The van der Waals surface area contributed by atoms with Gasteiger partial charge in [0.05, 0.1) is 5.60 Å². The Kier molecular flexibility index (Phi) is 4.13. The van der Waals surface area contributed by atoms with Crippen molar-refractivity contribution in [3.8, 4) is 0 Å². The van der Waals surface area contributed by atoms with Crippen molar-refractivity contribution in [2.75, 3.05) is 20.2 Å². The molecule has 2 amide bonds. The van der Waals surface area contributed by atoms with E-state index in [2.05, 4.69) is 12.2 Å². The van der Waals surface area contributed by atoms with Crippen LogP contribution in [0.25, 0.3) is 0 Å². The third-order valence-corrected chi connectivity index (χ3v) is 4.43. The molecule has 5 nitrogen and oxygen atoms in total. The first-order chi connectivity index (χ1) is 8.93. The van der Waals surface area contributed by atoms with E-state index in [-0.39, 0.29) is 29.4 Å². The topological polar surface area (TPSA) is 58.6 Å². The van der Waals surface area contributed by atoms with E-state index < -0.39 is 0 Å². The predicted octanol–water partition coefficient (Wildman–Crippen LogP) is 0.929. The largest absolute Gasteiger partial charge is 0.378 e. The van der Waals surface area contributed by atoms with Crippen LogP contribution in [0.5, 0.6) is 0 Å². The molecule has 2 fully saturated rings. The Morgan fingerprint density at radius 1 is 1.42 bits per heavy atom. The molecule has 2 aliphatic rings. The quantitative estimate of drug-likeness (QED) is 0.810.